The summed E-state index contributed by atoms with van der Waals surface area (Å²) in [6, 6.07) is 5.79. The fourth-order valence-electron chi connectivity index (χ4n) is 2.93. The Kier molecular flexibility index (Phi) is 5.11. The van der Waals surface area contributed by atoms with Crippen molar-refractivity contribution in [3.05, 3.63) is 46.7 Å². The van der Waals surface area contributed by atoms with Crippen LogP contribution in [0.4, 0.5) is 14.3 Å². The summed E-state index contributed by atoms with van der Waals surface area (Å²) in [4.78, 5) is 18.2. The summed E-state index contributed by atoms with van der Waals surface area (Å²) in [5.41, 5.74) is 1.61. The van der Waals surface area contributed by atoms with E-state index in [0.717, 1.165) is 11.3 Å². The standard InChI is InChI=1S/C17H20FN3O2S/c1-11-10-24-16(19-11)20-17(23)21-8-6-13(7-9-21)15(22)12-2-4-14(18)5-3-12/h2-5,10,13,15,22H,6-9H2,1H3,(H,19,20,23). The minimum absolute atomic E-state index is 0.0709. The molecule has 7 heteroatoms. The van der Waals surface area contributed by atoms with Gasteiger partial charge < -0.3 is 10.0 Å². The Bertz CT molecular complexity index is 696. The van der Waals surface area contributed by atoms with Crippen LogP contribution in [-0.4, -0.2) is 34.1 Å². The second kappa shape index (κ2) is 7.27. The third-order valence-corrected chi connectivity index (χ3v) is 5.19. The van der Waals surface area contributed by atoms with Gasteiger partial charge in [0.2, 0.25) is 0 Å². The van der Waals surface area contributed by atoms with Crippen LogP contribution < -0.4 is 5.32 Å². The molecule has 1 unspecified atom stereocenters. The maximum Gasteiger partial charge on any atom is 0.323 e. The monoisotopic (exact) mass is 349 g/mol. The highest BCUT2D eigenvalue weighted by molar-refractivity contribution is 7.13. The summed E-state index contributed by atoms with van der Waals surface area (Å²) < 4.78 is 13.0. The molecule has 1 atom stereocenters. The van der Waals surface area contributed by atoms with Crippen molar-refractivity contribution in [1.82, 2.24) is 9.88 Å². The molecule has 24 heavy (non-hydrogen) atoms. The first-order valence-electron chi connectivity index (χ1n) is 7.94. The number of nitrogens with one attached hydrogen (secondary N) is 1. The number of carbonyl (C=O) groups excluding carboxylic acids is 1. The van der Waals surface area contributed by atoms with E-state index in [4.69, 9.17) is 0 Å². The van der Waals surface area contributed by atoms with E-state index in [9.17, 15) is 14.3 Å². The van der Waals surface area contributed by atoms with Crippen LogP contribution in [-0.2, 0) is 0 Å². The van der Waals surface area contributed by atoms with Crippen LogP contribution in [0, 0.1) is 18.7 Å². The zero-order chi connectivity index (χ0) is 17.1. The van der Waals surface area contributed by atoms with Crippen molar-refractivity contribution in [2.75, 3.05) is 18.4 Å². The van der Waals surface area contributed by atoms with Gasteiger partial charge in [0.15, 0.2) is 5.13 Å². The lowest BCUT2D eigenvalue weighted by Gasteiger charge is -2.34. The van der Waals surface area contributed by atoms with Gasteiger partial charge >= 0.3 is 6.03 Å². The number of hydrogen-bond donors (Lipinski definition) is 2. The van der Waals surface area contributed by atoms with Crippen LogP contribution in [0.15, 0.2) is 29.6 Å². The SMILES string of the molecule is Cc1csc(NC(=O)N2CCC(C(O)c3ccc(F)cc3)CC2)n1. The highest BCUT2D eigenvalue weighted by Gasteiger charge is 2.28. The number of likely N-dealkylation sites (tertiary alicyclic amines) is 1. The fourth-order valence-corrected chi connectivity index (χ4v) is 3.61. The minimum Gasteiger partial charge on any atom is -0.388 e. The number of anilines is 1. The Morgan fingerprint density at radius 2 is 2.04 bits per heavy atom. The van der Waals surface area contributed by atoms with Gasteiger partial charge in [-0.25, -0.2) is 14.2 Å². The number of thiazole rings is 1. The van der Waals surface area contributed by atoms with E-state index < -0.39 is 6.10 Å². The van der Waals surface area contributed by atoms with Crippen molar-refractivity contribution in [2.45, 2.75) is 25.9 Å². The third-order valence-electron chi connectivity index (χ3n) is 4.32. The highest BCUT2D eigenvalue weighted by atomic mass is 32.1. The van der Waals surface area contributed by atoms with Gasteiger partial charge in [0.05, 0.1) is 11.8 Å². The molecule has 2 aromatic rings. The summed E-state index contributed by atoms with van der Waals surface area (Å²) in [5, 5.41) is 15.7. The molecule has 2 amide bonds. The van der Waals surface area contributed by atoms with Crippen molar-refractivity contribution in [3.8, 4) is 0 Å². The molecule has 1 aromatic heterocycles. The fraction of sp³-hybridized carbons (Fsp3) is 0.412. The number of hydrogen-bond acceptors (Lipinski definition) is 4. The number of piperidine rings is 1. The molecule has 1 fully saturated rings. The lowest BCUT2D eigenvalue weighted by atomic mass is 9.87. The van der Waals surface area contributed by atoms with Gasteiger partial charge in [-0.3, -0.25) is 5.32 Å². The molecule has 1 aliphatic rings. The Hall–Kier alpha value is -1.99. The van der Waals surface area contributed by atoms with E-state index in [0.29, 0.717) is 31.1 Å². The van der Waals surface area contributed by atoms with Crippen LogP contribution >= 0.6 is 11.3 Å². The topological polar surface area (TPSA) is 65.5 Å². The zero-order valence-electron chi connectivity index (χ0n) is 13.4. The van der Waals surface area contributed by atoms with Crippen LogP contribution in [0.1, 0.15) is 30.2 Å². The van der Waals surface area contributed by atoms with Crippen LogP contribution in [0.2, 0.25) is 0 Å². The Balaban J connectivity index is 1.53. The maximum atomic E-state index is 13.0. The van der Waals surface area contributed by atoms with Crippen molar-refractivity contribution in [1.29, 1.82) is 0 Å². The molecule has 2 N–H and O–H groups in total. The van der Waals surface area contributed by atoms with Gasteiger partial charge in [-0.05, 0) is 43.4 Å². The Morgan fingerprint density at radius 3 is 2.62 bits per heavy atom. The summed E-state index contributed by atoms with van der Waals surface area (Å²) >= 11 is 1.41. The van der Waals surface area contributed by atoms with Crippen molar-refractivity contribution >= 4 is 22.5 Å². The van der Waals surface area contributed by atoms with Gasteiger partial charge in [0.1, 0.15) is 5.82 Å². The predicted octanol–water partition coefficient (Wildman–Crippen LogP) is 3.57. The predicted molar refractivity (Wildman–Crippen MR) is 91.5 cm³/mol. The number of rotatable bonds is 3. The molecule has 5 nitrogen and oxygen atoms in total. The van der Waals surface area contributed by atoms with E-state index in [1.165, 1.54) is 23.5 Å². The number of carbonyl (C=O) groups is 1. The normalized spacial score (nSPS) is 16.9. The largest absolute Gasteiger partial charge is 0.388 e. The second-order valence-electron chi connectivity index (χ2n) is 6.05. The molecule has 1 aliphatic heterocycles. The van der Waals surface area contributed by atoms with E-state index in [2.05, 4.69) is 10.3 Å². The summed E-state index contributed by atoms with van der Waals surface area (Å²) in [6.45, 7) is 3.05. The molecule has 1 aromatic carbocycles. The molecule has 0 saturated carbocycles. The van der Waals surface area contributed by atoms with Crippen molar-refractivity contribution in [3.63, 3.8) is 0 Å². The maximum absolute atomic E-state index is 13.0. The zero-order valence-corrected chi connectivity index (χ0v) is 14.2. The molecular weight excluding hydrogens is 329 g/mol. The Morgan fingerprint density at radius 1 is 1.38 bits per heavy atom. The number of nitrogens with zero attached hydrogens (tertiary/aromatic N) is 2. The van der Waals surface area contributed by atoms with Gasteiger partial charge in [0, 0.05) is 18.5 Å². The average molecular weight is 349 g/mol. The third kappa shape index (κ3) is 3.91. The minimum atomic E-state index is -0.627. The number of aliphatic hydroxyl groups excluding tert-OH is 1. The molecule has 0 spiro atoms. The molecule has 1 saturated heterocycles. The molecular formula is C17H20FN3O2S. The first-order valence-corrected chi connectivity index (χ1v) is 8.82. The first-order chi connectivity index (χ1) is 11.5. The number of amides is 2. The lowest BCUT2D eigenvalue weighted by Crippen LogP contribution is -2.42. The van der Waals surface area contributed by atoms with Gasteiger partial charge in [-0.15, -0.1) is 11.3 Å². The molecule has 3 rings (SSSR count). The van der Waals surface area contributed by atoms with Crippen molar-refractivity contribution in [2.24, 2.45) is 5.92 Å². The summed E-state index contributed by atoms with van der Waals surface area (Å²) in [5.74, 6) is -0.239. The molecule has 0 radical (unpaired) electrons. The van der Waals surface area contributed by atoms with Gasteiger partial charge in [-0.1, -0.05) is 12.1 Å². The molecule has 0 bridgehead atoms. The first kappa shape index (κ1) is 16.9. The number of aromatic nitrogens is 1. The average Bonchev–Trinajstić information content (AvgIpc) is 3.00. The second-order valence-corrected chi connectivity index (χ2v) is 6.90. The highest BCUT2D eigenvalue weighted by Crippen LogP contribution is 2.31. The van der Waals surface area contributed by atoms with Crippen LogP contribution in [0.3, 0.4) is 0 Å². The number of aliphatic hydroxyl groups is 1. The smallest absolute Gasteiger partial charge is 0.323 e. The molecule has 2 heterocycles. The summed E-state index contributed by atoms with van der Waals surface area (Å²) in [6.07, 6.45) is 0.795. The van der Waals surface area contributed by atoms with Crippen LogP contribution in [0.25, 0.3) is 0 Å². The van der Waals surface area contributed by atoms with Gasteiger partial charge in [-0.2, -0.15) is 0 Å². The van der Waals surface area contributed by atoms with E-state index in [-0.39, 0.29) is 17.8 Å². The van der Waals surface area contributed by atoms with Gasteiger partial charge in [0.25, 0.3) is 0 Å². The molecule has 0 aliphatic carbocycles. The van der Waals surface area contributed by atoms with E-state index in [1.807, 2.05) is 12.3 Å². The number of urea groups is 1. The number of benzene rings is 1. The number of aryl methyl sites for hydroxylation is 1. The quantitative estimate of drug-likeness (QED) is 0.890. The lowest BCUT2D eigenvalue weighted by molar-refractivity contribution is 0.0682. The molecule has 128 valence electrons. The van der Waals surface area contributed by atoms with Crippen LogP contribution in [0.5, 0.6) is 0 Å². The number of halogens is 1. The van der Waals surface area contributed by atoms with E-state index >= 15 is 0 Å². The Labute approximate surface area is 144 Å². The van der Waals surface area contributed by atoms with Crippen molar-refractivity contribution < 1.29 is 14.3 Å². The van der Waals surface area contributed by atoms with E-state index in [1.54, 1.807) is 17.0 Å². The summed E-state index contributed by atoms with van der Waals surface area (Å²) in [7, 11) is 0.